The molecule has 1 aromatic heterocycles. The third-order valence-electron chi connectivity index (χ3n) is 9.99. The lowest BCUT2D eigenvalue weighted by Crippen LogP contribution is -2.24. The minimum absolute atomic E-state index is 0.709. The Hall–Kier alpha value is -6.67. The molecular formula is C50H35N2OP. The van der Waals surface area contributed by atoms with E-state index < -0.39 is 7.14 Å². The van der Waals surface area contributed by atoms with Gasteiger partial charge < -0.3 is 4.57 Å². The normalized spacial score (nSPS) is 11.4. The molecule has 54 heavy (non-hydrogen) atoms. The first-order chi connectivity index (χ1) is 26.6. The lowest BCUT2D eigenvalue weighted by molar-refractivity contribution is 0.592. The van der Waals surface area contributed by atoms with Gasteiger partial charge in [0, 0.05) is 32.6 Å². The second-order valence-corrected chi connectivity index (χ2v) is 16.1. The van der Waals surface area contributed by atoms with Gasteiger partial charge in [0.25, 0.3) is 0 Å². The Balaban J connectivity index is 0.992. The highest BCUT2D eigenvalue weighted by molar-refractivity contribution is 7.85. The molecule has 0 amide bonds. The summed E-state index contributed by atoms with van der Waals surface area (Å²) in [5.74, 6) is 0.709. The summed E-state index contributed by atoms with van der Waals surface area (Å²) >= 11 is 0. The third-order valence-corrected chi connectivity index (χ3v) is 13.1. The molecule has 0 aliphatic heterocycles. The van der Waals surface area contributed by atoms with Crippen molar-refractivity contribution in [3.05, 3.63) is 212 Å². The van der Waals surface area contributed by atoms with Crippen LogP contribution in [-0.4, -0.2) is 9.97 Å². The van der Waals surface area contributed by atoms with Gasteiger partial charge in [-0.25, -0.2) is 9.97 Å². The van der Waals surface area contributed by atoms with Crippen LogP contribution >= 0.6 is 7.14 Å². The molecule has 0 aliphatic rings. The van der Waals surface area contributed by atoms with Crippen LogP contribution in [0.25, 0.3) is 66.9 Å². The van der Waals surface area contributed by atoms with Crippen molar-refractivity contribution >= 4 is 33.8 Å². The molecule has 0 aliphatic carbocycles. The van der Waals surface area contributed by atoms with E-state index in [1.165, 1.54) is 10.8 Å². The van der Waals surface area contributed by atoms with Gasteiger partial charge in [-0.15, -0.1) is 0 Å². The number of aromatic nitrogens is 2. The number of nitrogens with zero attached hydrogens (tertiary/aromatic N) is 2. The van der Waals surface area contributed by atoms with Gasteiger partial charge in [0.15, 0.2) is 13.0 Å². The highest BCUT2D eigenvalue weighted by Crippen LogP contribution is 2.42. The summed E-state index contributed by atoms with van der Waals surface area (Å²) in [6, 6.07) is 72.2. The highest BCUT2D eigenvalue weighted by atomic mass is 31.2. The fourth-order valence-electron chi connectivity index (χ4n) is 7.09. The summed E-state index contributed by atoms with van der Waals surface area (Å²) in [6.07, 6.45) is 0. The molecule has 256 valence electrons. The van der Waals surface area contributed by atoms with E-state index >= 15 is 0 Å². The maximum absolute atomic E-state index is 14.8. The van der Waals surface area contributed by atoms with Gasteiger partial charge in [0.1, 0.15) is 0 Å². The van der Waals surface area contributed by atoms with Crippen molar-refractivity contribution in [1.29, 1.82) is 0 Å². The van der Waals surface area contributed by atoms with Crippen LogP contribution in [0.15, 0.2) is 212 Å². The molecule has 9 rings (SSSR count). The molecule has 0 spiro atoms. The predicted octanol–water partition coefficient (Wildman–Crippen LogP) is 11.6. The first kappa shape index (κ1) is 33.2. The zero-order valence-electron chi connectivity index (χ0n) is 29.5. The van der Waals surface area contributed by atoms with Crippen LogP contribution in [0.3, 0.4) is 0 Å². The monoisotopic (exact) mass is 710 g/mol. The number of benzene rings is 8. The molecule has 8 aromatic carbocycles. The SMILES string of the molecule is O=P(c1ccccc1)(c1ccccc1)c1ccc(-c2ccc3cc(-c4ccc(-c5cc(-c6ccccc6)nc(-c6ccccc6)n5)cc4)ccc3c2)cc1. The van der Waals surface area contributed by atoms with Crippen molar-refractivity contribution in [3.63, 3.8) is 0 Å². The minimum Gasteiger partial charge on any atom is -0.309 e. The molecule has 1 heterocycles. The van der Waals surface area contributed by atoms with Crippen molar-refractivity contribution in [2.24, 2.45) is 0 Å². The fraction of sp³-hybridized carbons (Fsp3) is 0. The van der Waals surface area contributed by atoms with E-state index in [0.29, 0.717) is 5.82 Å². The fourth-order valence-corrected chi connectivity index (χ4v) is 9.74. The average Bonchev–Trinajstić information content (AvgIpc) is 3.27. The molecule has 0 atom stereocenters. The molecule has 0 fully saturated rings. The Bertz CT molecular complexity index is 2650. The quantitative estimate of drug-likeness (QED) is 0.147. The molecule has 9 aromatic rings. The van der Waals surface area contributed by atoms with Crippen LogP contribution in [-0.2, 0) is 4.57 Å². The van der Waals surface area contributed by atoms with Crippen molar-refractivity contribution in [1.82, 2.24) is 9.97 Å². The van der Waals surface area contributed by atoms with Crippen LogP contribution in [0.4, 0.5) is 0 Å². The van der Waals surface area contributed by atoms with E-state index in [4.69, 9.17) is 9.97 Å². The largest absolute Gasteiger partial charge is 0.309 e. The minimum atomic E-state index is -3.02. The Labute approximate surface area is 315 Å². The Kier molecular flexibility index (Phi) is 8.84. The maximum Gasteiger partial charge on any atom is 0.171 e. The number of rotatable bonds is 8. The van der Waals surface area contributed by atoms with Crippen LogP contribution in [0.1, 0.15) is 0 Å². The van der Waals surface area contributed by atoms with Crippen molar-refractivity contribution < 1.29 is 4.57 Å². The first-order valence-electron chi connectivity index (χ1n) is 18.1. The molecule has 0 unspecified atom stereocenters. The lowest BCUT2D eigenvalue weighted by Gasteiger charge is -2.20. The summed E-state index contributed by atoms with van der Waals surface area (Å²) < 4.78 is 14.8. The van der Waals surface area contributed by atoms with Gasteiger partial charge in [-0.3, -0.25) is 0 Å². The van der Waals surface area contributed by atoms with Crippen molar-refractivity contribution in [2.45, 2.75) is 0 Å². The van der Waals surface area contributed by atoms with E-state index in [1.807, 2.05) is 121 Å². The molecule has 0 saturated heterocycles. The van der Waals surface area contributed by atoms with Crippen LogP contribution < -0.4 is 15.9 Å². The van der Waals surface area contributed by atoms with E-state index in [2.05, 4.69) is 91.0 Å². The maximum atomic E-state index is 14.8. The van der Waals surface area contributed by atoms with E-state index in [0.717, 1.165) is 66.2 Å². The zero-order chi connectivity index (χ0) is 36.3. The summed E-state index contributed by atoms with van der Waals surface area (Å²) in [5.41, 5.74) is 9.37. The number of hydrogen-bond donors (Lipinski definition) is 0. The second-order valence-electron chi connectivity index (χ2n) is 13.4. The third kappa shape index (κ3) is 6.47. The molecule has 3 nitrogen and oxygen atoms in total. The molecule has 4 heteroatoms. The molecule has 0 saturated carbocycles. The lowest BCUT2D eigenvalue weighted by atomic mass is 9.97. The predicted molar refractivity (Wildman–Crippen MR) is 226 cm³/mol. The summed E-state index contributed by atoms with van der Waals surface area (Å²) in [4.78, 5) is 9.93. The van der Waals surface area contributed by atoms with E-state index in [9.17, 15) is 4.57 Å². The molecule has 0 radical (unpaired) electrons. The Morgan fingerprint density at radius 1 is 0.296 bits per heavy atom. The summed E-state index contributed by atoms with van der Waals surface area (Å²) in [5, 5.41) is 4.84. The average molecular weight is 711 g/mol. The van der Waals surface area contributed by atoms with Crippen LogP contribution in [0, 0.1) is 0 Å². The summed E-state index contributed by atoms with van der Waals surface area (Å²) in [7, 11) is -3.02. The van der Waals surface area contributed by atoms with Crippen molar-refractivity contribution in [3.8, 4) is 56.2 Å². The van der Waals surface area contributed by atoms with Gasteiger partial charge >= 0.3 is 0 Å². The second kappa shape index (κ2) is 14.4. The zero-order valence-corrected chi connectivity index (χ0v) is 30.4. The molecule has 0 N–H and O–H groups in total. The van der Waals surface area contributed by atoms with Gasteiger partial charge in [-0.1, -0.05) is 194 Å². The smallest absolute Gasteiger partial charge is 0.171 e. The molecule has 0 bridgehead atoms. The van der Waals surface area contributed by atoms with Gasteiger partial charge in [0.05, 0.1) is 11.4 Å². The van der Waals surface area contributed by atoms with Gasteiger partial charge in [-0.05, 0) is 51.2 Å². The number of fused-ring (bicyclic) bond motifs is 1. The Morgan fingerprint density at radius 2 is 0.648 bits per heavy atom. The number of hydrogen-bond acceptors (Lipinski definition) is 3. The first-order valence-corrected chi connectivity index (χ1v) is 19.8. The standard InChI is InChI=1S/C50H35N2OP/c53-54(45-17-9-3-10-18-45,46-19-11-4-12-20-46)47-31-29-37(30-32-47)42-26-28-43-33-41(25-27-44(43)34-42)36-21-23-39(24-22-36)49-35-48(38-13-5-1-6-14-38)51-50(52-49)40-15-7-2-8-16-40/h1-35H. The van der Waals surface area contributed by atoms with Crippen LogP contribution in [0.5, 0.6) is 0 Å². The van der Waals surface area contributed by atoms with Gasteiger partial charge in [0.2, 0.25) is 0 Å². The molecular weight excluding hydrogens is 676 g/mol. The topological polar surface area (TPSA) is 42.9 Å². The Morgan fingerprint density at radius 3 is 1.13 bits per heavy atom. The van der Waals surface area contributed by atoms with E-state index in [-0.39, 0.29) is 0 Å². The van der Waals surface area contributed by atoms with Crippen LogP contribution in [0.2, 0.25) is 0 Å². The van der Waals surface area contributed by atoms with Crippen molar-refractivity contribution in [2.75, 3.05) is 0 Å². The highest BCUT2D eigenvalue weighted by Gasteiger charge is 2.29. The van der Waals surface area contributed by atoms with E-state index in [1.54, 1.807) is 0 Å². The summed E-state index contributed by atoms with van der Waals surface area (Å²) in [6.45, 7) is 0. The van der Waals surface area contributed by atoms with Gasteiger partial charge in [-0.2, -0.15) is 0 Å².